The zero-order valence-corrected chi connectivity index (χ0v) is 11.8. The standard InChI is InChI=1S/C13H28N4O/c1-12(2)15-13(18)4-8-16-6-3-7-17(9-5-14)11-10-16/h12H,3-11,14H2,1-2H3,(H,15,18). The highest BCUT2D eigenvalue weighted by molar-refractivity contribution is 5.76. The van der Waals surface area contributed by atoms with Gasteiger partial charge in [0.15, 0.2) is 0 Å². The predicted octanol–water partition coefficient (Wildman–Crippen LogP) is -0.132. The predicted molar refractivity (Wildman–Crippen MR) is 74.4 cm³/mol. The number of carbonyl (C=O) groups excluding carboxylic acids is 1. The Kier molecular flexibility index (Phi) is 7.23. The highest BCUT2D eigenvalue weighted by Crippen LogP contribution is 2.03. The molecule has 0 spiro atoms. The maximum Gasteiger partial charge on any atom is 0.221 e. The summed E-state index contributed by atoms with van der Waals surface area (Å²) in [6.07, 6.45) is 1.78. The van der Waals surface area contributed by atoms with Crippen molar-refractivity contribution in [2.75, 3.05) is 45.8 Å². The molecule has 0 atom stereocenters. The Balaban J connectivity index is 2.21. The second-order valence-corrected chi connectivity index (χ2v) is 5.30. The Labute approximate surface area is 111 Å². The largest absolute Gasteiger partial charge is 0.354 e. The van der Waals surface area contributed by atoms with Gasteiger partial charge in [-0.3, -0.25) is 4.79 Å². The van der Waals surface area contributed by atoms with Crippen LogP contribution in [-0.2, 0) is 4.79 Å². The smallest absolute Gasteiger partial charge is 0.221 e. The van der Waals surface area contributed by atoms with Gasteiger partial charge in [0.25, 0.3) is 0 Å². The van der Waals surface area contributed by atoms with Gasteiger partial charge in [-0.15, -0.1) is 0 Å². The number of carbonyl (C=O) groups is 1. The molecule has 0 bridgehead atoms. The fourth-order valence-electron chi connectivity index (χ4n) is 2.31. The Bertz CT molecular complexity index is 245. The van der Waals surface area contributed by atoms with Gasteiger partial charge in [-0.1, -0.05) is 0 Å². The van der Waals surface area contributed by atoms with E-state index in [-0.39, 0.29) is 11.9 Å². The van der Waals surface area contributed by atoms with Crippen molar-refractivity contribution in [3.63, 3.8) is 0 Å². The quantitative estimate of drug-likeness (QED) is 0.695. The molecule has 1 fully saturated rings. The van der Waals surface area contributed by atoms with E-state index in [1.165, 1.54) is 6.42 Å². The van der Waals surface area contributed by atoms with E-state index in [1.54, 1.807) is 0 Å². The van der Waals surface area contributed by atoms with Gasteiger partial charge < -0.3 is 20.9 Å². The summed E-state index contributed by atoms with van der Waals surface area (Å²) in [5.41, 5.74) is 5.58. The third kappa shape index (κ3) is 6.33. The Morgan fingerprint density at radius 1 is 1.17 bits per heavy atom. The Hall–Kier alpha value is -0.650. The highest BCUT2D eigenvalue weighted by atomic mass is 16.1. The number of rotatable bonds is 6. The van der Waals surface area contributed by atoms with Crippen LogP contribution < -0.4 is 11.1 Å². The van der Waals surface area contributed by atoms with Crippen molar-refractivity contribution in [1.82, 2.24) is 15.1 Å². The van der Waals surface area contributed by atoms with Crippen LogP contribution in [0.25, 0.3) is 0 Å². The third-order valence-corrected chi connectivity index (χ3v) is 3.23. The molecular formula is C13H28N4O. The van der Waals surface area contributed by atoms with E-state index in [1.807, 2.05) is 13.8 Å². The van der Waals surface area contributed by atoms with E-state index < -0.39 is 0 Å². The molecule has 0 unspecified atom stereocenters. The van der Waals surface area contributed by atoms with Crippen LogP contribution in [0.3, 0.4) is 0 Å². The molecule has 3 N–H and O–H groups in total. The van der Waals surface area contributed by atoms with Crippen molar-refractivity contribution < 1.29 is 4.79 Å². The van der Waals surface area contributed by atoms with Crippen molar-refractivity contribution in [2.45, 2.75) is 32.7 Å². The molecule has 5 nitrogen and oxygen atoms in total. The molecule has 0 radical (unpaired) electrons. The number of nitrogens with two attached hydrogens (primary N) is 1. The fraction of sp³-hybridized carbons (Fsp3) is 0.923. The first-order valence-electron chi connectivity index (χ1n) is 7.06. The summed E-state index contributed by atoms with van der Waals surface area (Å²) < 4.78 is 0. The minimum Gasteiger partial charge on any atom is -0.354 e. The molecular weight excluding hydrogens is 228 g/mol. The Morgan fingerprint density at radius 3 is 2.33 bits per heavy atom. The molecule has 1 amide bonds. The lowest BCUT2D eigenvalue weighted by atomic mass is 10.3. The number of hydrogen-bond donors (Lipinski definition) is 2. The van der Waals surface area contributed by atoms with Gasteiger partial charge in [-0.05, 0) is 33.4 Å². The number of hydrogen-bond acceptors (Lipinski definition) is 4. The number of nitrogens with zero attached hydrogens (tertiary/aromatic N) is 2. The molecule has 1 saturated heterocycles. The van der Waals surface area contributed by atoms with Gasteiger partial charge in [0.1, 0.15) is 0 Å². The molecule has 0 aliphatic carbocycles. The SMILES string of the molecule is CC(C)NC(=O)CCN1CCCN(CCN)CC1. The average molecular weight is 256 g/mol. The van der Waals surface area contributed by atoms with Crippen molar-refractivity contribution in [3.05, 3.63) is 0 Å². The first-order valence-corrected chi connectivity index (χ1v) is 7.06. The van der Waals surface area contributed by atoms with Crippen LogP contribution in [0.5, 0.6) is 0 Å². The molecule has 106 valence electrons. The van der Waals surface area contributed by atoms with Crippen LogP contribution in [0.2, 0.25) is 0 Å². The molecule has 5 heteroatoms. The second-order valence-electron chi connectivity index (χ2n) is 5.30. The summed E-state index contributed by atoms with van der Waals surface area (Å²) in [5.74, 6) is 0.160. The van der Waals surface area contributed by atoms with E-state index in [0.29, 0.717) is 6.42 Å². The zero-order valence-electron chi connectivity index (χ0n) is 11.8. The fourth-order valence-corrected chi connectivity index (χ4v) is 2.31. The van der Waals surface area contributed by atoms with E-state index in [9.17, 15) is 4.79 Å². The monoisotopic (exact) mass is 256 g/mol. The van der Waals surface area contributed by atoms with Crippen LogP contribution in [0.4, 0.5) is 0 Å². The van der Waals surface area contributed by atoms with Crippen LogP contribution in [-0.4, -0.2) is 67.6 Å². The van der Waals surface area contributed by atoms with E-state index >= 15 is 0 Å². The van der Waals surface area contributed by atoms with Crippen molar-refractivity contribution >= 4 is 5.91 Å². The van der Waals surface area contributed by atoms with E-state index in [2.05, 4.69) is 15.1 Å². The molecule has 1 rings (SSSR count). The number of nitrogens with one attached hydrogen (secondary N) is 1. The molecule has 0 aromatic carbocycles. The average Bonchev–Trinajstić information content (AvgIpc) is 2.52. The first kappa shape index (κ1) is 15.4. The van der Waals surface area contributed by atoms with Crippen molar-refractivity contribution in [3.8, 4) is 0 Å². The molecule has 0 aromatic heterocycles. The van der Waals surface area contributed by atoms with Crippen LogP contribution in [0.15, 0.2) is 0 Å². The zero-order chi connectivity index (χ0) is 13.4. The van der Waals surface area contributed by atoms with Gasteiger partial charge in [-0.2, -0.15) is 0 Å². The highest BCUT2D eigenvalue weighted by Gasteiger charge is 2.15. The molecule has 1 aliphatic rings. The molecule has 1 aliphatic heterocycles. The summed E-state index contributed by atoms with van der Waals surface area (Å²) in [6, 6.07) is 0.238. The van der Waals surface area contributed by atoms with Gasteiger partial charge >= 0.3 is 0 Å². The molecule has 18 heavy (non-hydrogen) atoms. The van der Waals surface area contributed by atoms with Crippen molar-refractivity contribution in [1.29, 1.82) is 0 Å². The summed E-state index contributed by atoms with van der Waals surface area (Å²) in [5, 5.41) is 2.93. The van der Waals surface area contributed by atoms with Crippen LogP contribution in [0, 0.1) is 0 Å². The van der Waals surface area contributed by atoms with Crippen LogP contribution in [0.1, 0.15) is 26.7 Å². The summed E-state index contributed by atoms with van der Waals surface area (Å²) in [7, 11) is 0. The lowest BCUT2D eigenvalue weighted by molar-refractivity contribution is -0.121. The van der Waals surface area contributed by atoms with Crippen molar-refractivity contribution in [2.24, 2.45) is 5.73 Å². The van der Waals surface area contributed by atoms with Gasteiger partial charge in [-0.25, -0.2) is 0 Å². The summed E-state index contributed by atoms with van der Waals surface area (Å²) >= 11 is 0. The minimum atomic E-state index is 0.160. The van der Waals surface area contributed by atoms with Gasteiger partial charge in [0, 0.05) is 45.2 Å². The number of amides is 1. The van der Waals surface area contributed by atoms with Gasteiger partial charge in [0.05, 0.1) is 0 Å². The third-order valence-electron chi connectivity index (χ3n) is 3.23. The molecule has 1 heterocycles. The maximum absolute atomic E-state index is 11.6. The summed E-state index contributed by atoms with van der Waals surface area (Å²) in [6.45, 7) is 10.9. The van der Waals surface area contributed by atoms with E-state index in [0.717, 1.165) is 45.8 Å². The normalized spacial score (nSPS) is 18.9. The topological polar surface area (TPSA) is 61.6 Å². The first-order chi connectivity index (χ1) is 8.61. The minimum absolute atomic E-state index is 0.160. The lowest BCUT2D eigenvalue weighted by Gasteiger charge is -2.21. The summed E-state index contributed by atoms with van der Waals surface area (Å²) in [4.78, 5) is 16.4. The van der Waals surface area contributed by atoms with E-state index in [4.69, 9.17) is 5.73 Å². The maximum atomic E-state index is 11.6. The van der Waals surface area contributed by atoms with Gasteiger partial charge in [0.2, 0.25) is 5.91 Å². The lowest BCUT2D eigenvalue weighted by Crippen LogP contribution is -2.36. The second kappa shape index (κ2) is 8.45. The molecule has 0 aromatic rings. The van der Waals surface area contributed by atoms with Crippen LogP contribution >= 0.6 is 0 Å². The molecule has 0 saturated carbocycles. The Morgan fingerprint density at radius 2 is 1.78 bits per heavy atom.